The van der Waals surface area contributed by atoms with Crippen molar-refractivity contribution in [3.05, 3.63) is 59.7 Å². The SMILES string of the molecule is COc1cccc(NC(=O)CN2CCc3ccccc3C2CO)c1. The van der Waals surface area contributed by atoms with Gasteiger partial charge < -0.3 is 15.2 Å². The van der Waals surface area contributed by atoms with Gasteiger partial charge in [0, 0.05) is 18.3 Å². The molecule has 2 N–H and O–H groups in total. The molecule has 0 aromatic heterocycles. The Hall–Kier alpha value is -2.37. The Morgan fingerprint density at radius 1 is 1.29 bits per heavy atom. The zero-order chi connectivity index (χ0) is 16.9. The molecule has 0 fully saturated rings. The highest BCUT2D eigenvalue weighted by Crippen LogP contribution is 2.29. The van der Waals surface area contributed by atoms with Crippen LogP contribution in [-0.2, 0) is 11.2 Å². The number of hydrogen-bond acceptors (Lipinski definition) is 4. The number of amides is 1. The fraction of sp³-hybridized carbons (Fsp3) is 0.316. The summed E-state index contributed by atoms with van der Waals surface area (Å²) in [5.74, 6) is 0.606. The van der Waals surface area contributed by atoms with Crippen molar-refractivity contribution in [2.45, 2.75) is 12.5 Å². The number of fused-ring (bicyclic) bond motifs is 1. The van der Waals surface area contributed by atoms with Crippen LogP contribution in [0.25, 0.3) is 0 Å². The Balaban J connectivity index is 1.68. The Bertz CT molecular complexity index is 717. The molecule has 1 aliphatic rings. The lowest BCUT2D eigenvalue weighted by Crippen LogP contribution is -2.42. The van der Waals surface area contributed by atoms with Crippen LogP contribution in [0.3, 0.4) is 0 Å². The number of carbonyl (C=O) groups excluding carboxylic acids is 1. The molecule has 126 valence electrons. The topological polar surface area (TPSA) is 61.8 Å². The van der Waals surface area contributed by atoms with Crippen molar-refractivity contribution in [2.24, 2.45) is 0 Å². The fourth-order valence-corrected chi connectivity index (χ4v) is 3.19. The highest BCUT2D eigenvalue weighted by Gasteiger charge is 2.27. The van der Waals surface area contributed by atoms with Crippen LogP contribution in [0.1, 0.15) is 17.2 Å². The Kier molecular flexibility index (Phi) is 5.13. The summed E-state index contributed by atoms with van der Waals surface area (Å²) in [4.78, 5) is 14.4. The van der Waals surface area contributed by atoms with E-state index in [1.807, 2.05) is 41.3 Å². The molecule has 1 unspecified atom stereocenters. The van der Waals surface area contributed by atoms with Crippen molar-refractivity contribution < 1.29 is 14.6 Å². The standard InChI is InChI=1S/C19H22N2O3/c1-24-16-7-4-6-15(11-16)20-19(23)12-21-10-9-14-5-2-3-8-17(14)18(21)13-22/h2-8,11,18,22H,9-10,12-13H2,1H3,(H,20,23). The Morgan fingerprint density at radius 2 is 2.12 bits per heavy atom. The lowest BCUT2D eigenvalue weighted by atomic mass is 9.93. The van der Waals surface area contributed by atoms with Crippen molar-refractivity contribution >= 4 is 11.6 Å². The van der Waals surface area contributed by atoms with Crippen LogP contribution < -0.4 is 10.1 Å². The van der Waals surface area contributed by atoms with E-state index in [4.69, 9.17) is 4.74 Å². The molecule has 1 atom stereocenters. The van der Waals surface area contributed by atoms with Crippen molar-refractivity contribution in [3.63, 3.8) is 0 Å². The summed E-state index contributed by atoms with van der Waals surface area (Å²) in [6.45, 7) is 1.01. The molecule has 3 rings (SSSR count). The van der Waals surface area contributed by atoms with E-state index in [1.165, 1.54) is 5.56 Å². The van der Waals surface area contributed by atoms with E-state index in [2.05, 4.69) is 11.4 Å². The van der Waals surface area contributed by atoms with Crippen molar-refractivity contribution in [3.8, 4) is 5.75 Å². The van der Waals surface area contributed by atoms with Gasteiger partial charge in [-0.2, -0.15) is 0 Å². The second-order valence-electron chi connectivity index (χ2n) is 5.90. The van der Waals surface area contributed by atoms with Crippen LogP contribution >= 0.6 is 0 Å². The van der Waals surface area contributed by atoms with Crippen molar-refractivity contribution in [2.75, 3.05) is 32.1 Å². The van der Waals surface area contributed by atoms with Crippen LogP contribution in [0, 0.1) is 0 Å². The molecule has 0 saturated heterocycles. The maximum atomic E-state index is 12.4. The molecule has 0 spiro atoms. The predicted molar refractivity (Wildman–Crippen MR) is 93.2 cm³/mol. The second-order valence-corrected chi connectivity index (χ2v) is 5.90. The van der Waals surface area contributed by atoms with Crippen LogP contribution in [0.5, 0.6) is 5.75 Å². The lowest BCUT2D eigenvalue weighted by Gasteiger charge is -2.35. The summed E-state index contributed by atoms with van der Waals surface area (Å²) >= 11 is 0. The normalized spacial score (nSPS) is 17.2. The highest BCUT2D eigenvalue weighted by atomic mass is 16.5. The molecule has 0 saturated carbocycles. The molecular weight excluding hydrogens is 304 g/mol. The van der Waals surface area contributed by atoms with Gasteiger partial charge in [0.25, 0.3) is 0 Å². The first kappa shape index (κ1) is 16.5. The first-order valence-corrected chi connectivity index (χ1v) is 8.08. The van der Waals surface area contributed by atoms with Gasteiger partial charge in [-0.25, -0.2) is 0 Å². The quantitative estimate of drug-likeness (QED) is 0.884. The fourth-order valence-electron chi connectivity index (χ4n) is 3.19. The summed E-state index contributed by atoms with van der Waals surface area (Å²) in [5.41, 5.74) is 3.07. The number of nitrogens with one attached hydrogen (secondary N) is 1. The number of aliphatic hydroxyl groups excluding tert-OH is 1. The maximum absolute atomic E-state index is 12.4. The third-order valence-corrected chi connectivity index (χ3v) is 4.40. The average molecular weight is 326 g/mol. The van der Waals surface area contributed by atoms with Crippen LogP contribution in [0.2, 0.25) is 0 Å². The average Bonchev–Trinajstić information content (AvgIpc) is 2.61. The number of anilines is 1. The minimum Gasteiger partial charge on any atom is -0.497 e. The van der Waals surface area contributed by atoms with E-state index in [-0.39, 0.29) is 25.1 Å². The third kappa shape index (κ3) is 3.58. The van der Waals surface area contributed by atoms with Gasteiger partial charge in [-0.3, -0.25) is 9.69 Å². The van der Waals surface area contributed by atoms with Crippen molar-refractivity contribution in [1.82, 2.24) is 4.90 Å². The van der Waals surface area contributed by atoms with Gasteiger partial charge in [-0.05, 0) is 29.7 Å². The number of methoxy groups -OCH3 is 1. The molecule has 2 aromatic carbocycles. The number of aliphatic hydroxyl groups is 1. The molecule has 0 bridgehead atoms. The van der Waals surface area contributed by atoms with E-state index in [0.717, 1.165) is 18.5 Å². The van der Waals surface area contributed by atoms with E-state index >= 15 is 0 Å². The minimum atomic E-state index is -0.133. The highest BCUT2D eigenvalue weighted by molar-refractivity contribution is 5.92. The molecule has 5 heteroatoms. The zero-order valence-corrected chi connectivity index (χ0v) is 13.7. The van der Waals surface area contributed by atoms with E-state index in [1.54, 1.807) is 13.2 Å². The number of ether oxygens (including phenoxy) is 1. The number of hydrogen-bond donors (Lipinski definition) is 2. The van der Waals surface area contributed by atoms with Gasteiger partial charge in [0.15, 0.2) is 0 Å². The largest absolute Gasteiger partial charge is 0.497 e. The first-order valence-electron chi connectivity index (χ1n) is 8.08. The lowest BCUT2D eigenvalue weighted by molar-refractivity contribution is -0.118. The molecule has 1 aliphatic heterocycles. The third-order valence-electron chi connectivity index (χ3n) is 4.40. The monoisotopic (exact) mass is 326 g/mol. The summed E-state index contributed by atoms with van der Waals surface area (Å²) in [7, 11) is 1.60. The summed E-state index contributed by atoms with van der Waals surface area (Å²) in [5, 5.41) is 12.7. The molecule has 24 heavy (non-hydrogen) atoms. The number of rotatable bonds is 5. The van der Waals surface area contributed by atoms with Crippen LogP contribution in [-0.4, -0.2) is 42.7 Å². The summed E-state index contributed by atoms with van der Waals surface area (Å²) in [6.07, 6.45) is 0.888. The van der Waals surface area contributed by atoms with E-state index < -0.39 is 0 Å². The number of benzene rings is 2. The molecule has 2 aromatic rings. The molecule has 0 radical (unpaired) electrons. The van der Waals surface area contributed by atoms with Gasteiger partial charge in [-0.15, -0.1) is 0 Å². The summed E-state index contributed by atoms with van der Waals surface area (Å²) < 4.78 is 5.17. The number of carbonyl (C=O) groups is 1. The van der Waals surface area contributed by atoms with Gasteiger partial charge >= 0.3 is 0 Å². The van der Waals surface area contributed by atoms with Gasteiger partial charge in [0.2, 0.25) is 5.91 Å². The number of nitrogens with zero attached hydrogens (tertiary/aromatic N) is 1. The molecule has 1 heterocycles. The Morgan fingerprint density at radius 3 is 2.92 bits per heavy atom. The molecule has 0 aliphatic carbocycles. The predicted octanol–water partition coefficient (Wildman–Crippen LogP) is 2.23. The molecular formula is C19H22N2O3. The Labute approximate surface area is 141 Å². The van der Waals surface area contributed by atoms with Crippen LogP contribution in [0.4, 0.5) is 5.69 Å². The maximum Gasteiger partial charge on any atom is 0.238 e. The smallest absolute Gasteiger partial charge is 0.238 e. The zero-order valence-electron chi connectivity index (χ0n) is 13.7. The minimum absolute atomic E-state index is 0.00343. The van der Waals surface area contributed by atoms with Gasteiger partial charge in [-0.1, -0.05) is 30.3 Å². The van der Waals surface area contributed by atoms with Gasteiger partial charge in [0.05, 0.1) is 26.3 Å². The van der Waals surface area contributed by atoms with Crippen LogP contribution in [0.15, 0.2) is 48.5 Å². The van der Waals surface area contributed by atoms with E-state index in [9.17, 15) is 9.90 Å². The van der Waals surface area contributed by atoms with E-state index in [0.29, 0.717) is 11.4 Å². The summed E-state index contributed by atoms with van der Waals surface area (Å²) in [6, 6.07) is 15.3. The van der Waals surface area contributed by atoms with Gasteiger partial charge in [0.1, 0.15) is 5.75 Å². The van der Waals surface area contributed by atoms with Crippen molar-refractivity contribution in [1.29, 1.82) is 0 Å². The molecule has 1 amide bonds. The first-order chi connectivity index (χ1) is 11.7. The molecule has 5 nitrogen and oxygen atoms in total. The second kappa shape index (κ2) is 7.47.